The lowest BCUT2D eigenvalue weighted by Crippen LogP contribution is -2.46. The van der Waals surface area contributed by atoms with Crippen LogP contribution >= 0.6 is 0 Å². The molecule has 6 heteroatoms. The Balaban J connectivity index is 1.43. The number of H-pyrrole nitrogens is 1. The molecule has 27 heavy (non-hydrogen) atoms. The van der Waals surface area contributed by atoms with Gasteiger partial charge in [0.15, 0.2) is 0 Å². The Kier molecular flexibility index (Phi) is 4.51. The third kappa shape index (κ3) is 3.24. The van der Waals surface area contributed by atoms with Gasteiger partial charge in [0.1, 0.15) is 17.8 Å². The first-order chi connectivity index (χ1) is 13.2. The molecule has 3 heterocycles. The summed E-state index contributed by atoms with van der Waals surface area (Å²) in [6.07, 6.45) is 10.6. The van der Waals surface area contributed by atoms with Gasteiger partial charge in [-0.05, 0) is 43.2 Å². The molecule has 3 aromatic rings. The van der Waals surface area contributed by atoms with Gasteiger partial charge in [0, 0.05) is 43.5 Å². The fourth-order valence-corrected chi connectivity index (χ4v) is 3.66. The van der Waals surface area contributed by atoms with E-state index in [4.69, 9.17) is 6.42 Å². The second kappa shape index (κ2) is 7.12. The van der Waals surface area contributed by atoms with Gasteiger partial charge in [0.2, 0.25) is 0 Å². The molecule has 0 aliphatic carbocycles. The molecule has 1 aromatic carbocycles. The lowest BCUT2D eigenvalue weighted by atomic mass is 10.0. The first-order valence-corrected chi connectivity index (χ1v) is 9.04. The minimum atomic E-state index is 0.0646. The number of hydrogen-bond acceptors (Lipinski definition) is 4. The summed E-state index contributed by atoms with van der Waals surface area (Å²) >= 11 is 0. The van der Waals surface area contributed by atoms with Gasteiger partial charge >= 0.3 is 0 Å². The van der Waals surface area contributed by atoms with Crippen molar-refractivity contribution in [2.75, 3.05) is 25.0 Å². The number of aromatic nitrogens is 3. The smallest absolute Gasteiger partial charge is 0.253 e. The van der Waals surface area contributed by atoms with Crippen LogP contribution in [-0.4, -0.2) is 51.9 Å². The summed E-state index contributed by atoms with van der Waals surface area (Å²) in [5.74, 6) is 3.57. The number of terminal acetylenes is 1. The maximum atomic E-state index is 12.7. The van der Waals surface area contributed by atoms with Gasteiger partial charge in [-0.25, -0.2) is 9.97 Å². The van der Waals surface area contributed by atoms with Gasteiger partial charge in [-0.3, -0.25) is 4.79 Å². The summed E-state index contributed by atoms with van der Waals surface area (Å²) in [5, 5.41) is 1.02. The van der Waals surface area contributed by atoms with E-state index in [1.54, 1.807) is 18.5 Å². The van der Waals surface area contributed by atoms with Crippen molar-refractivity contribution in [3.05, 3.63) is 54.0 Å². The first kappa shape index (κ1) is 17.1. The summed E-state index contributed by atoms with van der Waals surface area (Å²) in [6, 6.07) is 9.57. The molecule has 4 rings (SSSR count). The molecule has 1 fully saturated rings. The number of nitrogens with zero attached hydrogens (tertiary/aromatic N) is 4. The lowest BCUT2D eigenvalue weighted by Gasteiger charge is -2.37. The van der Waals surface area contributed by atoms with Crippen LogP contribution in [0.15, 0.2) is 42.9 Å². The molecule has 0 radical (unpaired) electrons. The predicted molar refractivity (Wildman–Crippen MR) is 106 cm³/mol. The fraction of sp³-hybridized carbons (Fsp3) is 0.286. The van der Waals surface area contributed by atoms with E-state index in [9.17, 15) is 4.79 Å². The second-order valence-electron chi connectivity index (χ2n) is 6.79. The van der Waals surface area contributed by atoms with Crippen LogP contribution in [0.4, 0.5) is 5.82 Å². The Morgan fingerprint density at radius 1 is 1.22 bits per heavy atom. The van der Waals surface area contributed by atoms with Crippen molar-refractivity contribution in [3.8, 4) is 12.3 Å². The molecule has 2 aromatic heterocycles. The van der Waals surface area contributed by atoms with Crippen molar-refractivity contribution in [3.63, 3.8) is 0 Å². The highest BCUT2D eigenvalue weighted by Crippen LogP contribution is 2.26. The van der Waals surface area contributed by atoms with Crippen molar-refractivity contribution < 1.29 is 4.79 Å². The van der Waals surface area contributed by atoms with Crippen LogP contribution in [-0.2, 0) is 0 Å². The molecule has 1 amide bonds. The van der Waals surface area contributed by atoms with E-state index < -0.39 is 0 Å². The molecule has 0 atom stereocenters. The number of amides is 1. The number of aromatic amines is 1. The molecule has 0 spiro atoms. The van der Waals surface area contributed by atoms with Crippen LogP contribution < -0.4 is 4.90 Å². The Labute approximate surface area is 158 Å². The molecule has 6 nitrogen and oxygen atoms in total. The normalized spacial score (nSPS) is 14.9. The maximum absolute atomic E-state index is 12.7. The summed E-state index contributed by atoms with van der Waals surface area (Å²) in [6.45, 7) is 1.46. The van der Waals surface area contributed by atoms with E-state index in [0.717, 1.165) is 48.3 Å². The predicted octanol–water partition coefficient (Wildman–Crippen LogP) is 2.68. The van der Waals surface area contributed by atoms with Crippen molar-refractivity contribution in [1.29, 1.82) is 0 Å². The zero-order valence-electron chi connectivity index (χ0n) is 15.2. The molecule has 136 valence electrons. The molecule has 1 aliphatic rings. The molecular weight excluding hydrogens is 338 g/mol. The minimum absolute atomic E-state index is 0.0646. The Morgan fingerprint density at radius 3 is 2.67 bits per heavy atom. The van der Waals surface area contributed by atoms with Gasteiger partial charge in [-0.15, -0.1) is 6.42 Å². The quantitative estimate of drug-likeness (QED) is 0.730. The molecular formula is C21H21N5O. The number of benzene rings is 1. The van der Waals surface area contributed by atoms with Crippen molar-refractivity contribution in [1.82, 2.24) is 19.9 Å². The molecule has 1 saturated heterocycles. The highest BCUT2D eigenvalue weighted by atomic mass is 16.2. The van der Waals surface area contributed by atoms with Crippen LogP contribution in [0.3, 0.4) is 0 Å². The largest absolute Gasteiger partial charge is 0.356 e. The van der Waals surface area contributed by atoms with Crippen LogP contribution in [0, 0.1) is 12.3 Å². The van der Waals surface area contributed by atoms with Crippen molar-refractivity contribution in [2.24, 2.45) is 0 Å². The van der Waals surface area contributed by atoms with Gasteiger partial charge in [-0.2, -0.15) is 0 Å². The van der Waals surface area contributed by atoms with Gasteiger partial charge in [0.05, 0.1) is 5.39 Å². The molecule has 0 saturated carbocycles. The monoisotopic (exact) mass is 359 g/mol. The lowest BCUT2D eigenvalue weighted by molar-refractivity contribution is 0.0713. The number of anilines is 1. The van der Waals surface area contributed by atoms with Crippen LogP contribution in [0.5, 0.6) is 0 Å². The number of fused-ring (bicyclic) bond motifs is 1. The second-order valence-corrected chi connectivity index (χ2v) is 6.79. The first-order valence-electron chi connectivity index (χ1n) is 9.04. The third-order valence-electron chi connectivity index (χ3n) is 5.26. The number of carbonyl (C=O) groups excluding carboxylic acids is 1. The number of carbonyl (C=O) groups is 1. The Morgan fingerprint density at radius 2 is 1.96 bits per heavy atom. The minimum Gasteiger partial charge on any atom is -0.356 e. The summed E-state index contributed by atoms with van der Waals surface area (Å²) < 4.78 is 0. The zero-order valence-corrected chi connectivity index (χ0v) is 15.2. The highest BCUT2D eigenvalue weighted by molar-refractivity contribution is 5.94. The summed E-state index contributed by atoms with van der Waals surface area (Å²) in [7, 11) is 2.06. The van der Waals surface area contributed by atoms with Crippen LogP contribution in [0.2, 0.25) is 0 Å². The van der Waals surface area contributed by atoms with E-state index in [1.807, 2.05) is 29.3 Å². The number of nitrogens with one attached hydrogen (secondary N) is 1. The topological polar surface area (TPSA) is 65.1 Å². The zero-order chi connectivity index (χ0) is 18.8. The number of piperidine rings is 1. The van der Waals surface area contributed by atoms with E-state index in [-0.39, 0.29) is 5.91 Å². The van der Waals surface area contributed by atoms with E-state index >= 15 is 0 Å². The Bertz CT molecular complexity index is 993. The van der Waals surface area contributed by atoms with E-state index in [2.05, 4.69) is 32.8 Å². The van der Waals surface area contributed by atoms with E-state index in [1.165, 1.54) is 0 Å². The summed E-state index contributed by atoms with van der Waals surface area (Å²) in [4.78, 5) is 28.7. The fourth-order valence-electron chi connectivity index (χ4n) is 3.66. The SMILES string of the molecule is C#Cc1ccc(C(=O)N2CCC(N(C)c3ncnc4[nH]ccc34)CC2)cc1. The average Bonchev–Trinajstić information content (AvgIpc) is 3.22. The molecule has 0 bridgehead atoms. The number of rotatable bonds is 3. The Hall–Kier alpha value is -3.33. The van der Waals surface area contributed by atoms with Gasteiger partial charge in [-0.1, -0.05) is 5.92 Å². The van der Waals surface area contributed by atoms with Crippen molar-refractivity contribution in [2.45, 2.75) is 18.9 Å². The van der Waals surface area contributed by atoms with Crippen molar-refractivity contribution >= 4 is 22.8 Å². The average molecular weight is 359 g/mol. The molecule has 1 N–H and O–H groups in total. The van der Waals surface area contributed by atoms with E-state index in [0.29, 0.717) is 11.6 Å². The highest BCUT2D eigenvalue weighted by Gasteiger charge is 2.27. The van der Waals surface area contributed by atoms with Crippen LogP contribution in [0.25, 0.3) is 11.0 Å². The third-order valence-corrected chi connectivity index (χ3v) is 5.26. The van der Waals surface area contributed by atoms with Gasteiger partial charge < -0.3 is 14.8 Å². The standard InChI is InChI=1S/C21H21N5O/c1-3-15-4-6-16(7-5-15)21(27)26-12-9-17(10-13-26)25(2)20-18-8-11-22-19(18)23-14-24-20/h1,4-8,11,14,17H,9-10,12-13H2,2H3,(H,22,23,24). The molecule has 1 aliphatic heterocycles. The summed E-state index contributed by atoms with van der Waals surface area (Å²) in [5.41, 5.74) is 2.31. The van der Waals surface area contributed by atoms with Crippen LogP contribution in [0.1, 0.15) is 28.8 Å². The number of likely N-dealkylation sites (tertiary alicyclic amines) is 1. The number of hydrogen-bond donors (Lipinski definition) is 1. The maximum Gasteiger partial charge on any atom is 0.253 e. The van der Waals surface area contributed by atoms with Gasteiger partial charge in [0.25, 0.3) is 5.91 Å². The molecule has 0 unspecified atom stereocenters.